The van der Waals surface area contributed by atoms with Crippen LogP contribution < -0.4 is 9.50 Å². The highest BCUT2D eigenvalue weighted by Gasteiger charge is 2.19. The summed E-state index contributed by atoms with van der Waals surface area (Å²) in [5.41, 5.74) is 1.08. The average molecular weight is 495 g/mol. The van der Waals surface area contributed by atoms with Crippen LogP contribution in [0.4, 0.5) is 19.3 Å². The number of benzene rings is 3. The molecule has 0 heterocycles. The van der Waals surface area contributed by atoms with E-state index in [9.17, 15) is 22.0 Å². The number of halogens is 3. The molecule has 0 bridgehead atoms. The van der Waals surface area contributed by atoms with Gasteiger partial charge in [0.15, 0.2) is 0 Å². The van der Waals surface area contributed by atoms with E-state index in [4.69, 9.17) is 15.8 Å². The molecule has 6 nitrogen and oxygen atoms in total. The SMILES string of the molecule is CC(C)N(Cc1ccc(OS(=O)(=O)c2ccc(F)cc2)cc1)C(=O)Nc1ccc(F)c(Cl)c1. The van der Waals surface area contributed by atoms with Crippen LogP contribution in [0.5, 0.6) is 5.75 Å². The second-order valence-electron chi connectivity index (χ2n) is 7.42. The number of nitrogens with one attached hydrogen (secondary N) is 1. The summed E-state index contributed by atoms with van der Waals surface area (Å²) < 4.78 is 56.1. The molecule has 0 unspecified atom stereocenters. The van der Waals surface area contributed by atoms with E-state index in [1.807, 2.05) is 13.8 Å². The highest BCUT2D eigenvalue weighted by Crippen LogP contribution is 2.22. The molecule has 1 N–H and O–H groups in total. The van der Waals surface area contributed by atoms with Crippen molar-refractivity contribution in [2.75, 3.05) is 5.32 Å². The van der Waals surface area contributed by atoms with E-state index in [1.54, 1.807) is 17.0 Å². The molecular weight excluding hydrogens is 474 g/mol. The first-order chi connectivity index (χ1) is 15.5. The van der Waals surface area contributed by atoms with E-state index in [1.165, 1.54) is 24.3 Å². The summed E-state index contributed by atoms with van der Waals surface area (Å²) in [4.78, 5) is 14.1. The molecule has 3 aromatic rings. The van der Waals surface area contributed by atoms with E-state index >= 15 is 0 Å². The summed E-state index contributed by atoms with van der Waals surface area (Å²) in [6.45, 7) is 3.90. The summed E-state index contributed by atoms with van der Waals surface area (Å²) in [7, 11) is -4.11. The van der Waals surface area contributed by atoms with Gasteiger partial charge in [0, 0.05) is 18.3 Å². The summed E-state index contributed by atoms with van der Waals surface area (Å²) in [6.07, 6.45) is 0. The lowest BCUT2D eigenvalue weighted by atomic mass is 10.2. The number of rotatable bonds is 7. The van der Waals surface area contributed by atoms with Crippen molar-refractivity contribution in [3.8, 4) is 5.75 Å². The van der Waals surface area contributed by atoms with Gasteiger partial charge in [-0.1, -0.05) is 23.7 Å². The minimum atomic E-state index is -4.11. The number of nitrogens with zero attached hydrogens (tertiary/aromatic N) is 1. The molecule has 0 saturated heterocycles. The molecule has 3 rings (SSSR count). The van der Waals surface area contributed by atoms with E-state index in [0.717, 1.165) is 35.9 Å². The van der Waals surface area contributed by atoms with Crippen molar-refractivity contribution in [1.82, 2.24) is 4.90 Å². The summed E-state index contributed by atoms with van der Waals surface area (Å²) in [5.74, 6) is -1.07. The smallest absolute Gasteiger partial charge is 0.339 e. The standard InChI is InChI=1S/C23H21ClF2N2O4S/c1-15(2)28(23(29)27-18-7-12-22(26)21(24)13-18)14-16-3-8-19(9-4-16)32-33(30,31)20-10-5-17(25)6-11-20/h3-13,15H,14H2,1-2H3,(H,27,29). The zero-order valence-corrected chi connectivity index (χ0v) is 19.3. The van der Waals surface area contributed by atoms with Gasteiger partial charge in [0.05, 0.1) is 5.02 Å². The van der Waals surface area contributed by atoms with Crippen molar-refractivity contribution in [1.29, 1.82) is 0 Å². The molecular formula is C23H21ClF2N2O4S. The van der Waals surface area contributed by atoms with Crippen LogP contribution in [0.3, 0.4) is 0 Å². The molecule has 0 aliphatic rings. The number of carbonyl (C=O) groups excluding carboxylic acids is 1. The minimum absolute atomic E-state index is 0.0737. The Balaban J connectivity index is 1.69. The van der Waals surface area contributed by atoms with Gasteiger partial charge in [-0.3, -0.25) is 0 Å². The number of amides is 2. The van der Waals surface area contributed by atoms with Crippen LogP contribution in [-0.4, -0.2) is 25.4 Å². The summed E-state index contributed by atoms with van der Waals surface area (Å²) in [5, 5.41) is 2.58. The fraction of sp³-hybridized carbons (Fsp3) is 0.174. The normalized spacial score (nSPS) is 11.3. The van der Waals surface area contributed by atoms with Gasteiger partial charge in [-0.2, -0.15) is 8.42 Å². The van der Waals surface area contributed by atoms with E-state index in [0.29, 0.717) is 5.69 Å². The van der Waals surface area contributed by atoms with E-state index in [2.05, 4.69) is 5.32 Å². The van der Waals surface area contributed by atoms with Crippen molar-refractivity contribution in [2.45, 2.75) is 31.3 Å². The molecule has 2 amide bonds. The van der Waals surface area contributed by atoms with Crippen molar-refractivity contribution in [2.24, 2.45) is 0 Å². The fourth-order valence-corrected chi connectivity index (χ4v) is 3.99. The average Bonchev–Trinajstić information content (AvgIpc) is 2.75. The van der Waals surface area contributed by atoms with Gasteiger partial charge in [0.25, 0.3) is 0 Å². The molecule has 0 aliphatic carbocycles. The number of anilines is 1. The predicted octanol–water partition coefficient (Wildman–Crippen LogP) is 5.83. The Morgan fingerprint density at radius 1 is 1.03 bits per heavy atom. The van der Waals surface area contributed by atoms with Crippen LogP contribution in [0.25, 0.3) is 0 Å². The van der Waals surface area contributed by atoms with Crippen molar-refractivity contribution in [3.05, 3.63) is 89.0 Å². The molecule has 0 spiro atoms. The van der Waals surface area contributed by atoms with Crippen LogP contribution in [0, 0.1) is 11.6 Å². The highest BCUT2D eigenvalue weighted by molar-refractivity contribution is 7.87. The third-order valence-electron chi connectivity index (χ3n) is 4.64. The zero-order valence-electron chi connectivity index (χ0n) is 17.8. The second-order valence-corrected chi connectivity index (χ2v) is 9.37. The molecule has 0 radical (unpaired) electrons. The number of hydrogen-bond acceptors (Lipinski definition) is 4. The van der Waals surface area contributed by atoms with Crippen LogP contribution in [0.15, 0.2) is 71.6 Å². The molecule has 10 heteroatoms. The van der Waals surface area contributed by atoms with Crippen molar-refractivity contribution >= 4 is 33.4 Å². The van der Waals surface area contributed by atoms with Gasteiger partial charge in [0.1, 0.15) is 22.3 Å². The minimum Gasteiger partial charge on any atom is -0.379 e. The molecule has 174 valence electrons. The Morgan fingerprint density at radius 2 is 1.67 bits per heavy atom. The van der Waals surface area contributed by atoms with Gasteiger partial charge in [0.2, 0.25) is 0 Å². The van der Waals surface area contributed by atoms with Gasteiger partial charge >= 0.3 is 16.1 Å². The largest absolute Gasteiger partial charge is 0.379 e. The first kappa shape index (κ1) is 24.5. The van der Waals surface area contributed by atoms with Gasteiger partial charge in [-0.15, -0.1) is 0 Å². The van der Waals surface area contributed by atoms with Crippen LogP contribution in [0.2, 0.25) is 5.02 Å². The number of carbonyl (C=O) groups is 1. The highest BCUT2D eigenvalue weighted by atomic mass is 35.5. The lowest BCUT2D eigenvalue weighted by molar-refractivity contribution is 0.193. The molecule has 0 saturated carbocycles. The van der Waals surface area contributed by atoms with Crippen LogP contribution in [0.1, 0.15) is 19.4 Å². The Bertz CT molecular complexity index is 1230. The maximum absolute atomic E-state index is 13.3. The van der Waals surface area contributed by atoms with Gasteiger partial charge in [-0.05, 0) is 74.0 Å². The molecule has 0 aliphatic heterocycles. The first-order valence-electron chi connectivity index (χ1n) is 9.87. The van der Waals surface area contributed by atoms with Crippen molar-refractivity contribution < 1.29 is 26.2 Å². The lowest BCUT2D eigenvalue weighted by Crippen LogP contribution is -2.39. The quantitative estimate of drug-likeness (QED) is 0.419. The summed E-state index contributed by atoms with van der Waals surface area (Å²) >= 11 is 5.76. The Kier molecular flexibility index (Phi) is 7.55. The maximum Gasteiger partial charge on any atom is 0.339 e. The molecule has 0 atom stereocenters. The molecule has 0 fully saturated rings. The van der Waals surface area contributed by atoms with Gasteiger partial charge in [-0.25, -0.2) is 13.6 Å². The fourth-order valence-electron chi connectivity index (χ4n) is 2.88. The Morgan fingerprint density at radius 3 is 2.24 bits per heavy atom. The molecule has 0 aromatic heterocycles. The number of hydrogen-bond donors (Lipinski definition) is 1. The monoisotopic (exact) mass is 494 g/mol. The van der Waals surface area contributed by atoms with E-state index < -0.39 is 27.8 Å². The van der Waals surface area contributed by atoms with Gasteiger partial charge < -0.3 is 14.4 Å². The Hall–Kier alpha value is -3.17. The maximum atomic E-state index is 13.3. The molecule has 3 aromatic carbocycles. The van der Waals surface area contributed by atoms with E-state index in [-0.39, 0.29) is 28.3 Å². The molecule has 33 heavy (non-hydrogen) atoms. The lowest BCUT2D eigenvalue weighted by Gasteiger charge is -2.27. The third-order valence-corrected chi connectivity index (χ3v) is 6.19. The van der Waals surface area contributed by atoms with Crippen LogP contribution in [-0.2, 0) is 16.7 Å². The predicted molar refractivity (Wildman–Crippen MR) is 122 cm³/mol. The van der Waals surface area contributed by atoms with Crippen LogP contribution >= 0.6 is 11.6 Å². The van der Waals surface area contributed by atoms with Crippen molar-refractivity contribution in [3.63, 3.8) is 0 Å². The third kappa shape index (κ3) is 6.43. The zero-order chi connectivity index (χ0) is 24.2. The number of urea groups is 1. The Labute approximate surface area is 195 Å². The first-order valence-corrected chi connectivity index (χ1v) is 11.7. The topological polar surface area (TPSA) is 75.7 Å². The summed E-state index contributed by atoms with van der Waals surface area (Å²) in [6, 6.07) is 13.8. The second kappa shape index (κ2) is 10.2.